The van der Waals surface area contributed by atoms with Crippen LogP contribution in [0.15, 0.2) is 22.7 Å². The van der Waals surface area contributed by atoms with Crippen molar-refractivity contribution in [3.8, 4) is 5.75 Å². The molecule has 0 aromatic heterocycles. The summed E-state index contributed by atoms with van der Waals surface area (Å²) in [7, 11) is 0. The third kappa shape index (κ3) is 3.12. The SMILES string of the molecule is CCOc1ccc(C(C)(C)CCl)cc1Br. The van der Waals surface area contributed by atoms with Crippen LogP contribution < -0.4 is 4.74 Å². The molecule has 0 aliphatic heterocycles. The summed E-state index contributed by atoms with van der Waals surface area (Å²) < 4.78 is 6.44. The van der Waals surface area contributed by atoms with Gasteiger partial charge in [0.1, 0.15) is 5.75 Å². The number of hydrogen-bond donors (Lipinski definition) is 0. The Kier molecular flexibility index (Phi) is 4.47. The molecule has 0 saturated carbocycles. The minimum Gasteiger partial charge on any atom is -0.493 e. The molecular formula is C12H16BrClO. The van der Waals surface area contributed by atoms with Crippen molar-refractivity contribution in [3.05, 3.63) is 28.2 Å². The Bertz CT molecular complexity index is 336. The molecule has 0 unspecified atom stereocenters. The second-order valence-corrected chi connectivity index (χ2v) is 5.22. The third-order valence-electron chi connectivity index (χ3n) is 2.35. The largest absolute Gasteiger partial charge is 0.493 e. The van der Waals surface area contributed by atoms with E-state index >= 15 is 0 Å². The summed E-state index contributed by atoms with van der Waals surface area (Å²) in [4.78, 5) is 0. The van der Waals surface area contributed by atoms with Crippen molar-refractivity contribution in [2.75, 3.05) is 12.5 Å². The number of benzene rings is 1. The molecule has 0 fully saturated rings. The van der Waals surface area contributed by atoms with Crippen LogP contribution in [0.25, 0.3) is 0 Å². The first-order valence-electron chi connectivity index (χ1n) is 5.00. The summed E-state index contributed by atoms with van der Waals surface area (Å²) in [6.07, 6.45) is 0. The Morgan fingerprint density at radius 3 is 2.53 bits per heavy atom. The van der Waals surface area contributed by atoms with Crippen molar-refractivity contribution in [1.82, 2.24) is 0 Å². The zero-order valence-corrected chi connectivity index (χ0v) is 11.7. The highest BCUT2D eigenvalue weighted by atomic mass is 79.9. The van der Waals surface area contributed by atoms with Gasteiger partial charge in [-0.15, -0.1) is 11.6 Å². The Balaban J connectivity index is 3.01. The predicted octanol–water partition coefficient (Wildman–Crippen LogP) is 4.36. The van der Waals surface area contributed by atoms with Gasteiger partial charge in [0.05, 0.1) is 11.1 Å². The van der Waals surface area contributed by atoms with Crippen LogP contribution in [0.1, 0.15) is 26.3 Å². The zero-order chi connectivity index (χ0) is 11.5. The standard InChI is InChI=1S/C12H16BrClO/c1-4-15-11-6-5-9(7-10(11)13)12(2,3)8-14/h5-7H,4,8H2,1-3H3. The van der Waals surface area contributed by atoms with Crippen molar-refractivity contribution in [2.45, 2.75) is 26.2 Å². The molecule has 15 heavy (non-hydrogen) atoms. The highest BCUT2D eigenvalue weighted by Gasteiger charge is 2.20. The molecule has 84 valence electrons. The minimum absolute atomic E-state index is 0.00514. The number of ether oxygens (including phenoxy) is 1. The highest BCUT2D eigenvalue weighted by molar-refractivity contribution is 9.10. The Hall–Kier alpha value is -0.210. The molecule has 0 aliphatic rings. The molecule has 0 amide bonds. The maximum atomic E-state index is 5.93. The van der Waals surface area contributed by atoms with E-state index in [2.05, 4.69) is 41.9 Å². The molecule has 0 N–H and O–H groups in total. The summed E-state index contributed by atoms with van der Waals surface area (Å²) >= 11 is 9.44. The number of rotatable bonds is 4. The predicted molar refractivity (Wildman–Crippen MR) is 69.1 cm³/mol. The molecule has 0 radical (unpaired) electrons. The second-order valence-electron chi connectivity index (χ2n) is 4.10. The van der Waals surface area contributed by atoms with Crippen LogP contribution in [0, 0.1) is 0 Å². The van der Waals surface area contributed by atoms with E-state index in [1.165, 1.54) is 5.56 Å². The molecular weight excluding hydrogens is 275 g/mol. The maximum Gasteiger partial charge on any atom is 0.133 e. The first kappa shape index (κ1) is 12.9. The van der Waals surface area contributed by atoms with Gasteiger partial charge < -0.3 is 4.74 Å². The average molecular weight is 292 g/mol. The Labute approximate surface area is 105 Å². The van der Waals surface area contributed by atoms with Gasteiger partial charge >= 0.3 is 0 Å². The molecule has 1 rings (SSSR count). The molecule has 3 heteroatoms. The van der Waals surface area contributed by atoms with E-state index in [9.17, 15) is 0 Å². The Morgan fingerprint density at radius 1 is 1.40 bits per heavy atom. The molecule has 0 atom stereocenters. The molecule has 1 aromatic rings. The second kappa shape index (κ2) is 5.22. The zero-order valence-electron chi connectivity index (χ0n) is 9.31. The molecule has 0 saturated heterocycles. The van der Waals surface area contributed by atoms with E-state index in [0.717, 1.165) is 10.2 Å². The van der Waals surface area contributed by atoms with Gasteiger partial charge in [0, 0.05) is 11.3 Å². The van der Waals surface area contributed by atoms with Gasteiger partial charge in [0.15, 0.2) is 0 Å². The lowest BCUT2D eigenvalue weighted by molar-refractivity contribution is 0.338. The lowest BCUT2D eigenvalue weighted by Crippen LogP contribution is -2.18. The van der Waals surface area contributed by atoms with E-state index in [1.54, 1.807) is 0 Å². The van der Waals surface area contributed by atoms with Gasteiger partial charge in [0.2, 0.25) is 0 Å². The van der Waals surface area contributed by atoms with Crippen LogP contribution in [0.3, 0.4) is 0 Å². The summed E-state index contributed by atoms with van der Waals surface area (Å²) in [5.74, 6) is 1.49. The van der Waals surface area contributed by atoms with Crippen LogP contribution in [-0.4, -0.2) is 12.5 Å². The number of hydrogen-bond acceptors (Lipinski definition) is 1. The molecule has 0 heterocycles. The van der Waals surface area contributed by atoms with Gasteiger partial charge in [-0.3, -0.25) is 0 Å². The van der Waals surface area contributed by atoms with E-state index in [0.29, 0.717) is 12.5 Å². The van der Waals surface area contributed by atoms with Crippen LogP contribution in [0.5, 0.6) is 5.75 Å². The van der Waals surface area contributed by atoms with E-state index in [-0.39, 0.29) is 5.41 Å². The fraction of sp³-hybridized carbons (Fsp3) is 0.500. The summed E-state index contributed by atoms with van der Waals surface area (Å²) in [5, 5.41) is 0. The summed E-state index contributed by atoms with van der Waals surface area (Å²) in [5.41, 5.74) is 1.21. The van der Waals surface area contributed by atoms with E-state index in [4.69, 9.17) is 16.3 Å². The van der Waals surface area contributed by atoms with Crippen molar-refractivity contribution in [1.29, 1.82) is 0 Å². The minimum atomic E-state index is -0.00514. The lowest BCUT2D eigenvalue weighted by Gasteiger charge is -2.22. The van der Waals surface area contributed by atoms with Crippen LogP contribution >= 0.6 is 27.5 Å². The molecule has 0 spiro atoms. The molecule has 1 nitrogen and oxygen atoms in total. The van der Waals surface area contributed by atoms with Crippen LogP contribution in [-0.2, 0) is 5.41 Å². The lowest BCUT2D eigenvalue weighted by atomic mass is 9.87. The fourth-order valence-corrected chi connectivity index (χ4v) is 1.92. The molecule has 1 aromatic carbocycles. The number of alkyl halides is 1. The van der Waals surface area contributed by atoms with Crippen molar-refractivity contribution < 1.29 is 4.74 Å². The molecule has 0 aliphatic carbocycles. The maximum absolute atomic E-state index is 5.93. The highest BCUT2D eigenvalue weighted by Crippen LogP contribution is 2.32. The summed E-state index contributed by atoms with van der Waals surface area (Å²) in [6.45, 7) is 6.91. The monoisotopic (exact) mass is 290 g/mol. The van der Waals surface area contributed by atoms with Crippen LogP contribution in [0.4, 0.5) is 0 Å². The molecule has 0 bridgehead atoms. The van der Waals surface area contributed by atoms with Crippen LogP contribution in [0.2, 0.25) is 0 Å². The van der Waals surface area contributed by atoms with Gasteiger partial charge in [-0.25, -0.2) is 0 Å². The Morgan fingerprint density at radius 2 is 2.07 bits per heavy atom. The first-order valence-corrected chi connectivity index (χ1v) is 6.33. The quantitative estimate of drug-likeness (QED) is 0.749. The fourth-order valence-electron chi connectivity index (χ4n) is 1.27. The van der Waals surface area contributed by atoms with Gasteiger partial charge in [0.25, 0.3) is 0 Å². The van der Waals surface area contributed by atoms with E-state index in [1.807, 2.05) is 13.0 Å². The summed E-state index contributed by atoms with van der Waals surface area (Å²) in [6, 6.07) is 6.13. The van der Waals surface area contributed by atoms with E-state index < -0.39 is 0 Å². The van der Waals surface area contributed by atoms with Gasteiger partial charge in [-0.05, 0) is 40.5 Å². The van der Waals surface area contributed by atoms with Gasteiger partial charge in [-0.1, -0.05) is 19.9 Å². The van der Waals surface area contributed by atoms with Crippen molar-refractivity contribution >= 4 is 27.5 Å². The smallest absolute Gasteiger partial charge is 0.133 e. The topological polar surface area (TPSA) is 9.23 Å². The normalized spacial score (nSPS) is 11.5. The van der Waals surface area contributed by atoms with Crippen molar-refractivity contribution in [3.63, 3.8) is 0 Å². The average Bonchev–Trinajstić information content (AvgIpc) is 2.21. The van der Waals surface area contributed by atoms with Crippen molar-refractivity contribution in [2.24, 2.45) is 0 Å². The number of halogens is 2. The third-order valence-corrected chi connectivity index (χ3v) is 3.64. The first-order chi connectivity index (χ1) is 7.01. The van der Waals surface area contributed by atoms with Gasteiger partial charge in [-0.2, -0.15) is 0 Å².